The number of hydrogen-bond acceptors (Lipinski definition) is 11. The lowest BCUT2D eigenvalue weighted by Gasteiger charge is -2.42. The highest BCUT2D eigenvalue weighted by Gasteiger charge is 2.38. The zero-order chi connectivity index (χ0) is 36.5. The van der Waals surface area contributed by atoms with E-state index >= 15 is 0 Å². The number of hydrogen-bond donors (Lipinski definition) is 1. The van der Waals surface area contributed by atoms with Crippen LogP contribution in [0.3, 0.4) is 0 Å². The maximum atomic E-state index is 13.2. The second kappa shape index (κ2) is 17.3. The fourth-order valence-electron chi connectivity index (χ4n) is 6.12. The quantitative estimate of drug-likeness (QED) is 0.138. The Labute approximate surface area is 295 Å². The average molecular weight is 697 g/mol. The van der Waals surface area contributed by atoms with Gasteiger partial charge in [-0.25, -0.2) is 9.59 Å². The van der Waals surface area contributed by atoms with E-state index in [1.54, 1.807) is 83.5 Å². The Bertz CT molecular complexity index is 1460. The van der Waals surface area contributed by atoms with Crippen LogP contribution in [-0.4, -0.2) is 80.1 Å². The molecule has 1 aliphatic carbocycles. The summed E-state index contributed by atoms with van der Waals surface area (Å²) >= 11 is 0. The summed E-state index contributed by atoms with van der Waals surface area (Å²) in [7, 11) is 3.11. The normalized spacial score (nSPS) is 22.7. The van der Waals surface area contributed by atoms with Crippen LogP contribution in [0.4, 0.5) is 0 Å². The number of rotatable bonds is 13. The molecule has 1 fully saturated rings. The lowest BCUT2D eigenvalue weighted by Crippen LogP contribution is -2.46. The predicted molar refractivity (Wildman–Crippen MR) is 185 cm³/mol. The van der Waals surface area contributed by atoms with E-state index in [-0.39, 0.29) is 24.8 Å². The molecular weight excluding hydrogens is 644 g/mol. The average Bonchev–Trinajstić information content (AvgIpc) is 3.22. The monoisotopic (exact) mass is 696 g/mol. The maximum absolute atomic E-state index is 13.2. The first-order valence-corrected chi connectivity index (χ1v) is 17.2. The van der Waals surface area contributed by atoms with Crippen LogP contribution in [0.1, 0.15) is 100 Å². The molecule has 11 heteroatoms. The fourth-order valence-corrected chi connectivity index (χ4v) is 6.12. The number of methoxy groups -OCH3 is 2. The van der Waals surface area contributed by atoms with E-state index in [2.05, 4.69) is 0 Å². The van der Waals surface area contributed by atoms with E-state index in [1.807, 2.05) is 19.9 Å². The van der Waals surface area contributed by atoms with Crippen LogP contribution in [0.2, 0.25) is 0 Å². The molecule has 0 saturated carbocycles. The molecule has 5 atom stereocenters. The lowest BCUT2D eigenvalue weighted by atomic mass is 9.94. The molecule has 1 heterocycles. The summed E-state index contributed by atoms with van der Waals surface area (Å²) in [4.78, 5) is 38.4. The van der Waals surface area contributed by atoms with Crippen molar-refractivity contribution in [1.82, 2.24) is 0 Å². The van der Waals surface area contributed by atoms with E-state index in [0.29, 0.717) is 67.6 Å². The van der Waals surface area contributed by atoms with Gasteiger partial charge in [-0.2, -0.15) is 0 Å². The van der Waals surface area contributed by atoms with Crippen LogP contribution in [0.5, 0.6) is 11.5 Å². The van der Waals surface area contributed by atoms with Crippen molar-refractivity contribution in [2.45, 2.75) is 116 Å². The summed E-state index contributed by atoms with van der Waals surface area (Å²) in [5, 5.41) is 10.9. The van der Waals surface area contributed by atoms with Gasteiger partial charge in [-0.1, -0.05) is 11.6 Å². The van der Waals surface area contributed by atoms with E-state index < -0.39 is 41.5 Å². The van der Waals surface area contributed by atoms with Gasteiger partial charge in [-0.3, -0.25) is 4.79 Å². The van der Waals surface area contributed by atoms with Gasteiger partial charge < -0.3 is 38.3 Å². The third-order valence-electron chi connectivity index (χ3n) is 8.63. The molecule has 0 unspecified atom stereocenters. The molecule has 4 rings (SSSR count). The third kappa shape index (κ3) is 11.8. The smallest absolute Gasteiger partial charge is 0.338 e. The highest BCUT2D eigenvalue weighted by Crippen LogP contribution is 2.35. The molecule has 0 spiro atoms. The molecule has 0 aromatic heterocycles. The molecule has 11 nitrogen and oxygen atoms in total. The molecule has 1 N–H and O–H groups in total. The number of benzene rings is 2. The second-order valence-electron chi connectivity index (χ2n) is 14.4. The molecule has 50 heavy (non-hydrogen) atoms. The van der Waals surface area contributed by atoms with Crippen molar-refractivity contribution in [2.24, 2.45) is 5.41 Å². The third-order valence-corrected chi connectivity index (χ3v) is 8.63. The van der Waals surface area contributed by atoms with Crippen LogP contribution in [0, 0.1) is 5.41 Å². The van der Waals surface area contributed by atoms with E-state index in [1.165, 1.54) is 0 Å². The number of carbonyl (C=O) groups excluding carboxylic acids is 3. The Morgan fingerprint density at radius 1 is 0.880 bits per heavy atom. The highest BCUT2D eigenvalue weighted by molar-refractivity contribution is 5.90. The molecule has 1 aliphatic heterocycles. The molecule has 1 saturated heterocycles. The minimum Gasteiger partial charge on any atom is -0.497 e. The largest absolute Gasteiger partial charge is 0.497 e. The van der Waals surface area contributed by atoms with Crippen molar-refractivity contribution in [3.63, 3.8) is 0 Å². The van der Waals surface area contributed by atoms with Gasteiger partial charge in [0.25, 0.3) is 0 Å². The predicted octanol–water partition coefficient (Wildman–Crippen LogP) is 6.60. The molecule has 2 aromatic rings. The van der Waals surface area contributed by atoms with E-state index in [4.69, 9.17) is 33.2 Å². The summed E-state index contributed by atoms with van der Waals surface area (Å²) in [6, 6.07) is 13.4. The topological polar surface area (TPSA) is 136 Å². The summed E-state index contributed by atoms with van der Waals surface area (Å²) < 4.78 is 40.2. The standard InChI is InChI=1S/C39H52O11/c1-38(2,3)37(43)46-19-18-32(48-36(42)27-11-16-30(45-7)17-12-27)23-34-24-33(49-39(4,5)50-34)21-25-8-13-31(22-28(40)20-25)47-35(41)26-9-14-29(44-6)15-10-26/h8-12,14-17,28,31-34,40H,13,18-24H2,1-7H3/t28-,31-,32+,33-,34-/m1/s1. The molecule has 0 radical (unpaired) electrons. The molecule has 274 valence electrons. The summed E-state index contributed by atoms with van der Waals surface area (Å²) in [6.07, 6.45) is 2.68. The maximum Gasteiger partial charge on any atom is 0.338 e. The van der Waals surface area contributed by atoms with Gasteiger partial charge in [0.15, 0.2) is 5.79 Å². The number of aliphatic hydroxyl groups is 1. The molecule has 2 aliphatic rings. The highest BCUT2D eigenvalue weighted by atomic mass is 16.7. The van der Waals surface area contributed by atoms with Gasteiger partial charge in [0.05, 0.1) is 55.7 Å². The second-order valence-corrected chi connectivity index (χ2v) is 14.4. The van der Waals surface area contributed by atoms with E-state index in [0.717, 1.165) is 5.57 Å². The van der Waals surface area contributed by atoms with Crippen LogP contribution < -0.4 is 9.47 Å². The van der Waals surface area contributed by atoms with Gasteiger partial charge in [-0.15, -0.1) is 0 Å². The number of esters is 3. The van der Waals surface area contributed by atoms with Crippen LogP contribution in [0.15, 0.2) is 60.2 Å². The van der Waals surface area contributed by atoms with Crippen molar-refractivity contribution in [3.8, 4) is 11.5 Å². The first-order chi connectivity index (χ1) is 23.6. The summed E-state index contributed by atoms with van der Waals surface area (Å²) in [5.74, 6) is -0.935. The minimum absolute atomic E-state index is 0.0850. The Morgan fingerprint density at radius 3 is 2.04 bits per heavy atom. The Balaban J connectivity index is 1.40. The van der Waals surface area contributed by atoms with Gasteiger partial charge in [0.1, 0.15) is 23.7 Å². The van der Waals surface area contributed by atoms with Crippen LogP contribution in [0.25, 0.3) is 0 Å². The first-order valence-electron chi connectivity index (χ1n) is 17.2. The molecular formula is C39H52O11. The lowest BCUT2D eigenvalue weighted by molar-refractivity contribution is -0.302. The van der Waals surface area contributed by atoms with Crippen LogP contribution >= 0.6 is 0 Å². The first kappa shape index (κ1) is 38.9. The van der Waals surface area contributed by atoms with Gasteiger partial charge in [0.2, 0.25) is 0 Å². The molecule has 0 amide bonds. The summed E-state index contributed by atoms with van der Waals surface area (Å²) in [5.41, 5.74) is 1.14. The zero-order valence-electron chi connectivity index (χ0n) is 30.3. The van der Waals surface area contributed by atoms with Crippen molar-refractivity contribution in [3.05, 3.63) is 71.3 Å². The number of ether oxygens (including phenoxy) is 7. The van der Waals surface area contributed by atoms with Gasteiger partial charge >= 0.3 is 17.9 Å². The van der Waals surface area contributed by atoms with Crippen molar-refractivity contribution in [1.29, 1.82) is 0 Å². The number of carbonyl (C=O) groups is 3. The van der Waals surface area contributed by atoms with Gasteiger partial charge in [-0.05, 0) is 96.0 Å². The Morgan fingerprint density at radius 2 is 1.46 bits per heavy atom. The van der Waals surface area contributed by atoms with Crippen LogP contribution in [-0.2, 0) is 28.5 Å². The van der Waals surface area contributed by atoms with Crippen molar-refractivity contribution < 1.29 is 52.6 Å². The Hall–Kier alpha value is -3.93. The molecule has 2 aromatic carbocycles. The zero-order valence-corrected chi connectivity index (χ0v) is 30.3. The summed E-state index contributed by atoms with van der Waals surface area (Å²) in [6.45, 7) is 9.13. The van der Waals surface area contributed by atoms with Gasteiger partial charge in [0, 0.05) is 32.1 Å². The molecule has 0 bridgehead atoms. The van der Waals surface area contributed by atoms with Crippen molar-refractivity contribution >= 4 is 17.9 Å². The van der Waals surface area contributed by atoms with E-state index in [9.17, 15) is 19.5 Å². The SMILES string of the molecule is COc1ccc(C(=O)O[C@@H]2CC=C(C[C@@H]3C[C@@H](C[C@H](CCOC(=O)C(C)(C)C)OC(=O)c4ccc(OC)cc4)OC(C)(C)O3)C[C@@H](O)C2)cc1. The fraction of sp³-hybridized carbons (Fsp3) is 0.564. The van der Waals surface area contributed by atoms with Crippen molar-refractivity contribution in [2.75, 3.05) is 20.8 Å². The minimum atomic E-state index is -0.919. The number of aliphatic hydroxyl groups excluding tert-OH is 1. The Kier molecular flexibility index (Phi) is 13.5.